The van der Waals surface area contributed by atoms with Gasteiger partial charge < -0.3 is 4.74 Å². The van der Waals surface area contributed by atoms with Gasteiger partial charge in [0, 0.05) is 10.9 Å². The lowest BCUT2D eigenvalue weighted by Crippen LogP contribution is -2.25. The summed E-state index contributed by atoms with van der Waals surface area (Å²) >= 11 is 0. The third kappa shape index (κ3) is 3.14. The molecule has 0 radical (unpaired) electrons. The Kier molecular flexibility index (Phi) is 4.77. The first-order valence-corrected chi connectivity index (χ1v) is 16.4. The lowest BCUT2D eigenvalue weighted by molar-refractivity contribution is 0.487. The number of ether oxygens (including phenoxy) is 1. The molecular weight excluding hydrogens is 569 g/mol. The van der Waals surface area contributed by atoms with Gasteiger partial charge in [0.2, 0.25) is 0 Å². The molecule has 1 heterocycles. The van der Waals surface area contributed by atoms with Crippen LogP contribution in [0.1, 0.15) is 27.8 Å². The van der Waals surface area contributed by atoms with E-state index in [1.165, 1.54) is 88.3 Å². The third-order valence-electron chi connectivity index (χ3n) is 10.9. The summed E-state index contributed by atoms with van der Waals surface area (Å²) in [4.78, 5) is 0. The van der Waals surface area contributed by atoms with E-state index in [0.29, 0.717) is 0 Å². The molecule has 0 aromatic heterocycles. The van der Waals surface area contributed by atoms with E-state index in [1.54, 1.807) is 0 Å². The Balaban J connectivity index is 1.19. The Bertz CT molecular complexity index is 2670. The third-order valence-corrected chi connectivity index (χ3v) is 10.9. The molecule has 0 saturated carbocycles. The molecule has 0 bridgehead atoms. The molecular formula is C46H28O. The maximum Gasteiger partial charge on any atom is 0.135 e. The number of hydrogen-bond acceptors (Lipinski definition) is 1. The van der Waals surface area contributed by atoms with Crippen molar-refractivity contribution in [2.45, 2.75) is 12.3 Å². The van der Waals surface area contributed by atoms with Crippen LogP contribution in [-0.4, -0.2) is 0 Å². The van der Waals surface area contributed by atoms with Crippen molar-refractivity contribution in [3.05, 3.63) is 179 Å². The number of rotatable bonds is 1. The van der Waals surface area contributed by atoms with Crippen LogP contribution in [0.5, 0.6) is 11.5 Å². The molecule has 47 heavy (non-hydrogen) atoms. The Labute approximate surface area is 273 Å². The van der Waals surface area contributed by atoms with Crippen LogP contribution in [0.4, 0.5) is 0 Å². The molecule has 1 spiro atoms. The molecule has 1 aliphatic heterocycles. The Morgan fingerprint density at radius 3 is 2.13 bits per heavy atom. The largest absolute Gasteiger partial charge is 0.456 e. The smallest absolute Gasteiger partial charge is 0.135 e. The van der Waals surface area contributed by atoms with E-state index >= 15 is 0 Å². The maximum atomic E-state index is 6.46. The fraction of sp³-hybridized carbons (Fsp3) is 0.0435. The molecule has 218 valence electrons. The Morgan fingerprint density at radius 2 is 1.17 bits per heavy atom. The van der Waals surface area contributed by atoms with Crippen molar-refractivity contribution in [2.24, 2.45) is 0 Å². The van der Waals surface area contributed by atoms with Gasteiger partial charge in [0.25, 0.3) is 0 Å². The quantitative estimate of drug-likeness (QED) is 0.183. The molecule has 8 aromatic rings. The van der Waals surface area contributed by atoms with E-state index in [4.69, 9.17) is 4.74 Å². The number of aryl methyl sites for hydroxylation is 1. The first-order valence-electron chi connectivity index (χ1n) is 16.4. The second kappa shape index (κ2) is 8.87. The predicted octanol–water partition coefficient (Wildman–Crippen LogP) is 12.1. The fourth-order valence-corrected chi connectivity index (χ4v) is 8.99. The SMILES string of the molecule is Cc1ccc2c(c1)-c1ccc(-c3ccc4c(c3)-c3cccc5cccc(c35)O4)cc1C21c2ccccc2-c2c1ccc1ccccc21. The van der Waals surface area contributed by atoms with Crippen LogP contribution in [-0.2, 0) is 5.41 Å². The van der Waals surface area contributed by atoms with Crippen molar-refractivity contribution >= 4 is 21.5 Å². The van der Waals surface area contributed by atoms with Gasteiger partial charge in [0.15, 0.2) is 0 Å². The second-order valence-corrected chi connectivity index (χ2v) is 13.3. The van der Waals surface area contributed by atoms with Crippen LogP contribution < -0.4 is 4.74 Å². The van der Waals surface area contributed by atoms with Crippen LogP contribution in [0, 0.1) is 6.92 Å². The first kappa shape index (κ1) is 25.3. The van der Waals surface area contributed by atoms with Crippen molar-refractivity contribution in [1.82, 2.24) is 0 Å². The summed E-state index contributed by atoms with van der Waals surface area (Å²) in [6.45, 7) is 2.21. The van der Waals surface area contributed by atoms with Crippen molar-refractivity contribution < 1.29 is 4.74 Å². The topological polar surface area (TPSA) is 9.23 Å². The monoisotopic (exact) mass is 596 g/mol. The molecule has 1 nitrogen and oxygen atoms in total. The van der Waals surface area contributed by atoms with Gasteiger partial charge in [0.05, 0.1) is 5.41 Å². The summed E-state index contributed by atoms with van der Waals surface area (Å²) in [5.41, 5.74) is 16.5. The summed E-state index contributed by atoms with van der Waals surface area (Å²) < 4.78 is 6.46. The van der Waals surface area contributed by atoms with Crippen LogP contribution >= 0.6 is 0 Å². The molecule has 1 heteroatoms. The maximum absolute atomic E-state index is 6.46. The summed E-state index contributed by atoms with van der Waals surface area (Å²) in [7, 11) is 0. The molecule has 0 saturated heterocycles. The second-order valence-electron chi connectivity index (χ2n) is 13.3. The molecule has 8 aromatic carbocycles. The minimum Gasteiger partial charge on any atom is -0.456 e. The van der Waals surface area contributed by atoms with E-state index in [1.807, 2.05) is 0 Å². The Morgan fingerprint density at radius 1 is 0.426 bits per heavy atom. The molecule has 0 fully saturated rings. The number of benzene rings is 8. The van der Waals surface area contributed by atoms with Crippen LogP contribution in [0.15, 0.2) is 152 Å². The highest BCUT2D eigenvalue weighted by atomic mass is 16.5. The first-order chi connectivity index (χ1) is 23.2. The molecule has 0 N–H and O–H groups in total. The van der Waals surface area contributed by atoms with Gasteiger partial charge in [-0.15, -0.1) is 0 Å². The summed E-state index contributed by atoms with van der Waals surface area (Å²) in [6, 6.07) is 56.4. The zero-order valence-electron chi connectivity index (χ0n) is 25.8. The van der Waals surface area contributed by atoms with Crippen LogP contribution in [0.3, 0.4) is 0 Å². The number of fused-ring (bicyclic) bond motifs is 14. The minimum absolute atomic E-state index is 0.397. The highest BCUT2D eigenvalue weighted by molar-refractivity contribution is 6.07. The van der Waals surface area contributed by atoms with E-state index in [9.17, 15) is 0 Å². The van der Waals surface area contributed by atoms with E-state index in [0.717, 1.165) is 17.1 Å². The predicted molar refractivity (Wildman–Crippen MR) is 193 cm³/mol. The molecule has 0 amide bonds. The minimum atomic E-state index is -0.397. The average molecular weight is 597 g/mol. The van der Waals surface area contributed by atoms with Crippen molar-refractivity contribution in [3.8, 4) is 56.0 Å². The zero-order chi connectivity index (χ0) is 30.9. The summed E-state index contributed by atoms with van der Waals surface area (Å²) in [6.07, 6.45) is 0. The van der Waals surface area contributed by atoms with Gasteiger partial charge >= 0.3 is 0 Å². The molecule has 3 aliphatic rings. The number of hydrogen-bond donors (Lipinski definition) is 0. The standard InChI is InChI=1S/C46H28O/c1-27-16-21-39-36(24-27)33-20-17-31(30-19-23-42-37(25-30)34-13-6-9-29-10-7-15-43(47-42)44(29)34)26-41(33)46(39)38-14-5-4-12-35(38)45-32-11-3-2-8-28(32)18-22-40(45)46/h2-26H,1H3. The normalized spacial score (nSPS) is 16.0. The van der Waals surface area contributed by atoms with Crippen molar-refractivity contribution in [2.75, 3.05) is 0 Å². The molecule has 11 rings (SSSR count). The van der Waals surface area contributed by atoms with Gasteiger partial charge in [-0.1, -0.05) is 133 Å². The van der Waals surface area contributed by atoms with Crippen LogP contribution in [0.2, 0.25) is 0 Å². The van der Waals surface area contributed by atoms with E-state index < -0.39 is 5.41 Å². The highest BCUT2D eigenvalue weighted by Gasteiger charge is 2.52. The van der Waals surface area contributed by atoms with Gasteiger partial charge in [0.1, 0.15) is 11.5 Å². The lowest BCUT2D eigenvalue weighted by Gasteiger charge is -2.31. The summed E-state index contributed by atoms with van der Waals surface area (Å²) in [5.74, 6) is 1.84. The molecule has 1 atom stereocenters. The zero-order valence-corrected chi connectivity index (χ0v) is 25.8. The summed E-state index contributed by atoms with van der Waals surface area (Å²) in [5, 5.41) is 4.98. The molecule has 1 unspecified atom stereocenters. The lowest BCUT2D eigenvalue weighted by atomic mass is 9.70. The highest BCUT2D eigenvalue weighted by Crippen LogP contribution is 2.64. The Hall–Kier alpha value is -5.92. The van der Waals surface area contributed by atoms with Gasteiger partial charge in [-0.05, 0) is 109 Å². The van der Waals surface area contributed by atoms with Gasteiger partial charge in [-0.2, -0.15) is 0 Å². The molecule has 2 aliphatic carbocycles. The fourth-order valence-electron chi connectivity index (χ4n) is 8.99. The van der Waals surface area contributed by atoms with E-state index in [-0.39, 0.29) is 0 Å². The average Bonchev–Trinajstić information content (AvgIpc) is 3.58. The van der Waals surface area contributed by atoms with Crippen molar-refractivity contribution in [3.63, 3.8) is 0 Å². The van der Waals surface area contributed by atoms with Gasteiger partial charge in [-0.25, -0.2) is 0 Å². The van der Waals surface area contributed by atoms with Crippen molar-refractivity contribution in [1.29, 1.82) is 0 Å². The van der Waals surface area contributed by atoms with Crippen LogP contribution in [0.25, 0.3) is 66.1 Å². The van der Waals surface area contributed by atoms with Gasteiger partial charge in [-0.3, -0.25) is 0 Å². The van der Waals surface area contributed by atoms with E-state index in [2.05, 4.69) is 159 Å².